The van der Waals surface area contributed by atoms with Gasteiger partial charge in [0, 0.05) is 24.1 Å². The third kappa shape index (κ3) is 4.27. The fourth-order valence-electron chi connectivity index (χ4n) is 4.00. The molecule has 3 heterocycles. The maximum Gasteiger partial charge on any atom is 0.282 e. The highest BCUT2D eigenvalue weighted by atomic mass is 16.3. The summed E-state index contributed by atoms with van der Waals surface area (Å²) in [5.74, 6) is 0.283. The fourth-order valence-corrected chi connectivity index (χ4v) is 4.00. The maximum atomic E-state index is 13.6. The van der Waals surface area contributed by atoms with Crippen molar-refractivity contribution in [2.75, 3.05) is 10.6 Å². The van der Waals surface area contributed by atoms with Gasteiger partial charge in [0.25, 0.3) is 11.5 Å². The molecule has 3 N–H and O–H groups in total. The lowest BCUT2D eigenvalue weighted by molar-refractivity contribution is 0.102. The highest BCUT2D eigenvalue weighted by Gasteiger charge is 2.22. The van der Waals surface area contributed by atoms with Gasteiger partial charge in [-0.2, -0.15) is 5.10 Å². The van der Waals surface area contributed by atoms with Crippen LogP contribution in [0.1, 0.15) is 34.7 Å². The number of nitrogens with one attached hydrogen (secondary N) is 2. The van der Waals surface area contributed by atoms with E-state index in [-0.39, 0.29) is 22.7 Å². The van der Waals surface area contributed by atoms with Crippen molar-refractivity contribution in [3.05, 3.63) is 107 Å². The lowest BCUT2D eigenvalue weighted by Gasteiger charge is -2.20. The average molecular weight is 482 g/mol. The molecule has 10 heteroatoms. The highest BCUT2D eigenvalue weighted by molar-refractivity contribution is 6.07. The normalized spacial score (nSPS) is 11.8. The predicted octanol–water partition coefficient (Wildman–Crippen LogP) is 3.71. The van der Waals surface area contributed by atoms with Crippen LogP contribution in [0.2, 0.25) is 0 Å². The topological polar surface area (TPSA) is 126 Å². The first kappa shape index (κ1) is 22.8. The second-order valence-electron chi connectivity index (χ2n) is 8.28. The molecular formula is C26H23N7O3. The number of aryl methyl sites for hydroxylation is 1. The van der Waals surface area contributed by atoms with Gasteiger partial charge in [0.05, 0.1) is 11.7 Å². The number of hydrogen-bond donors (Lipinski definition) is 3. The molecule has 0 saturated carbocycles. The zero-order valence-corrected chi connectivity index (χ0v) is 19.6. The summed E-state index contributed by atoms with van der Waals surface area (Å²) in [5.41, 5.74) is 2.40. The zero-order chi connectivity index (χ0) is 25.2. The van der Waals surface area contributed by atoms with E-state index in [1.165, 1.54) is 24.7 Å². The molecule has 10 nitrogen and oxygen atoms in total. The minimum Gasteiger partial charge on any atom is -0.508 e. The van der Waals surface area contributed by atoms with E-state index in [1.54, 1.807) is 27.4 Å². The van der Waals surface area contributed by atoms with Crippen LogP contribution in [0, 0.1) is 6.92 Å². The molecule has 0 aliphatic carbocycles. The first-order valence-corrected chi connectivity index (χ1v) is 11.3. The summed E-state index contributed by atoms with van der Waals surface area (Å²) in [6.07, 6.45) is 4.48. The van der Waals surface area contributed by atoms with E-state index in [9.17, 15) is 14.7 Å². The molecule has 0 aliphatic rings. The Labute approximate surface area is 205 Å². The number of phenols is 1. The van der Waals surface area contributed by atoms with Crippen molar-refractivity contribution in [2.24, 2.45) is 0 Å². The number of aromatic nitrogens is 5. The highest BCUT2D eigenvalue weighted by Crippen LogP contribution is 2.23. The van der Waals surface area contributed by atoms with Gasteiger partial charge in [-0.05, 0) is 49.7 Å². The van der Waals surface area contributed by atoms with E-state index in [1.807, 2.05) is 50.2 Å². The van der Waals surface area contributed by atoms with Gasteiger partial charge in [-0.1, -0.05) is 24.3 Å². The molecule has 5 aromatic rings. The number of nitrogens with zero attached hydrogens (tertiary/aromatic N) is 5. The number of para-hydroxylation sites is 1. The Kier molecular flexibility index (Phi) is 5.91. The Morgan fingerprint density at radius 2 is 1.89 bits per heavy atom. The van der Waals surface area contributed by atoms with Gasteiger partial charge in [-0.15, -0.1) is 0 Å². The number of rotatable bonds is 6. The predicted molar refractivity (Wildman–Crippen MR) is 136 cm³/mol. The molecule has 0 saturated heterocycles. The van der Waals surface area contributed by atoms with Gasteiger partial charge in [-0.3, -0.25) is 14.2 Å². The zero-order valence-electron chi connectivity index (χ0n) is 19.6. The van der Waals surface area contributed by atoms with Gasteiger partial charge in [-0.25, -0.2) is 14.5 Å². The Hall–Kier alpha value is -4.99. The third-order valence-corrected chi connectivity index (χ3v) is 5.73. The van der Waals surface area contributed by atoms with Crippen molar-refractivity contribution in [3.63, 3.8) is 0 Å². The van der Waals surface area contributed by atoms with Crippen molar-refractivity contribution >= 4 is 22.9 Å². The minimum absolute atomic E-state index is 0.0321. The Morgan fingerprint density at radius 1 is 1.08 bits per heavy atom. The lowest BCUT2D eigenvalue weighted by Crippen LogP contribution is -2.30. The maximum absolute atomic E-state index is 13.6. The fraction of sp³-hybridized carbons (Fsp3) is 0.115. The van der Waals surface area contributed by atoms with E-state index < -0.39 is 11.9 Å². The number of carbonyl (C=O) groups excluding carboxylic acids is 1. The van der Waals surface area contributed by atoms with Crippen LogP contribution in [0.3, 0.4) is 0 Å². The van der Waals surface area contributed by atoms with Gasteiger partial charge >= 0.3 is 0 Å². The van der Waals surface area contributed by atoms with Gasteiger partial charge in [0.15, 0.2) is 5.82 Å². The monoisotopic (exact) mass is 481 g/mol. The molecule has 180 valence electrons. The molecule has 0 aliphatic heterocycles. The molecule has 0 unspecified atom stereocenters. The number of amides is 1. The molecule has 36 heavy (non-hydrogen) atoms. The van der Waals surface area contributed by atoms with Crippen LogP contribution >= 0.6 is 0 Å². The Balaban J connectivity index is 1.53. The van der Waals surface area contributed by atoms with Crippen molar-refractivity contribution in [1.82, 2.24) is 24.1 Å². The van der Waals surface area contributed by atoms with Gasteiger partial charge in [0.2, 0.25) is 0 Å². The number of carbonyl (C=O) groups is 1. The summed E-state index contributed by atoms with van der Waals surface area (Å²) in [6.45, 7) is 3.70. The summed E-state index contributed by atoms with van der Waals surface area (Å²) in [7, 11) is 0. The first-order chi connectivity index (χ1) is 17.4. The van der Waals surface area contributed by atoms with Crippen molar-refractivity contribution in [3.8, 4) is 11.4 Å². The smallest absolute Gasteiger partial charge is 0.282 e. The largest absolute Gasteiger partial charge is 0.508 e. The SMILES string of the molecule is Cc1ccn2nc([C@H](C)Nc3ncncc3C(=O)Nc3cccc(O)c3)n(-c3ccccc3)c(=O)c12. The average Bonchev–Trinajstić information content (AvgIpc) is 3.25. The van der Waals surface area contributed by atoms with Crippen LogP contribution in [0.25, 0.3) is 11.2 Å². The lowest BCUT2D eigenvalue weighted by atomic mass is 10.2. The summed E-state index contributed by atoms with van der Waals surface area (Å²) >= 11 is 0. The number of phenolic OH excluding ortho intramolecular Hbond substituents is 1. The molecule has 1 atom stereocenters. The number of fused-ring (bicyclic) bond motifs is 1. The number of benzene rings is 2. The van der Waals surface area contributed by atoms with Crippen LogP contribution in [0.5, 0.6) is 5.75 Å². The summed E-state index contributed by atoms with van der Waals surface area (Å²) < 4.78 is 3.13. The van der Waals surface area contributed by atoms with Crippen LogP contribution in [0.15, 0.2) is 84.2 Å². The Morgan fingerprint density at radius 3 is 2.67 bits per heavy atom. The van der Waals surface area contributed by atoms with Gasteiger partial charge < -0.3 is 15.7 Å². The van der Waals surface area contributed by atoms with Crippen LogP contribution in [-0.2, 0) is 0 Å². The molecule has 1 amide bonds. The van der Waals surface area contributed by atoms with E-state index in [2.05, 4.69) is 20.6 Å². The third-order valence-electron chi connectivity index (χ3n) is 5.73. The van der Waals surface area contributed by atoms with Crippen molar-refractivity contribution in [2.45, 2.75) is 19.9 Å². The van der Waals surface area contributed by atoms with Crippen LogP contribution < -0.4 is 16.2 Å². The number of aromatic hydroxyl groups is 1. The number of anilines is 2. The van der Waals surface area contributed by atoms with Crippen molar-refractivity contribution < 1.29 is 9.90 Å². The molecule has 5 rings (SSSR count). The van der Waals surface area contributed by atoms with E-state index in [0.717, 1.165) is 5.56 Å². The van der Waals surface area contributed by atoms with E-state index in [0.29, 0.717) is 22.7 Å². The standard InChI is InChI=1S/C26H23N7O3/c1-16-11-12-32-22(16)26(36)33(19-8-4-3-5-9-19)24(31-32)17(2)29-23-21(14-27-15-28-23)25(35)30-18-7-6-10-20(34)13-18/h3-15,17,34H,1-2H3,(H,30,35)(H,27,28,29)/t17-/m0/s1. The second kappa shape index (κ2) is 9.34. The summed E-state index contributed by atoms with van der Waals surface area (Å²) in [6, 6.07) is 16.8. The summed E-state index contributed by atoms with van der Waals surface area (Å²) in [5, 5.41) is 20.4. The van der Waals surface area contributed by atoms with Gasteiger partial charge in [0.1, 0.15) is 29.0 Å². The first-order valence-electron chi connectivity index (χ1n) is 11.3. The van der Waals surface area contributed by atoms with E-state index in [4.69, 9.17) is 5.10 Å². The molecule has 3 aromatic heterocycles. The molecule has 0 radical (unpaired) electrons. The molecule has 2 aromatic carbocycles. The molecule has 0 bridgehead atoms. The van der Waals surface area contributed by atoms with Crippen molar-refractivity contribution in [1.29, 1.82) is 0 Å². The van der Waals surface area contributed by atoms with Crippen LogP contribution in [0.4, 0.5) is 11.5 Å². The number of hydrogen-bond acceptors (Lipinski definition) is 7. The molecular weight excluding hydrogens is 458 g/mol. The molecule has 0 spiro atoms. The Bertz CT molecular complexity index is 1630. The van der Waals surface area contributed by atoms with Crippen LogP contribution in [-0.4, -0.2) is 35.2 Å². The van der Waals surface area contributed by atoms with E-state index >= 15 is 0 Å². The minimum atomic E-state index is -0.521. The summed E-state index contributed by atoms with van der Waals surface area (Å²) in [4.78, 5) is 34.8. The quantitative estimate of drug-likeness (QED) is 0.337. The molecule has 0 fully saturated rings. The second-order valence-corrected chi connectivity index (χ2v) is 8.28.